The van der Waals surface area contributed by atoms with Crippen LogP contribution >= 0.6 is 24.8 Å². The molecule has 2 aliphatic heterocycles. The first-order valence-corrected chi connectivity index (χ1v) is 10.2. The number of hydrogen-bond donors (Lipinski definition) is 2. The minimum absolute atomic E-state index is 0. The summed E-state index contributed by atoms with van der Waals surface area (Å²) in [5.41, 5.74) is 1.75. The molecule has 2 aliphatic rings. The summed E-state index contributed by atoms with van der Waals surface area (Å²) < 4.78 is 0. The standard InChI is InChI=1S/C21H32N4O2.2ClH/c1-24-12-14-25(15-13-24)21(27)19-5-2-18(3-6-19)16-23-20(26)7-4-17-8-10-22-11-9-17;;/h2-3,5-6,17,22H,4,7-16H2,1H3,(H,23,26);2*1H. The maximum atomic E-state index is 12.6. The Morgan fingerprint density at radius 2 is 1.66 bits per heavy atom. The van der Waals surface area contributed by atoms with E-state index in [1.54, 1.807) is 0 Å². The molecule has 6 nitrogen and oxygen atoms in total. The van der Waals surface area contributed by atoms with Gasteiger partial charge in [0.2, 0.25) is 5.91 Å². The van der Waals surface area contributed by atoms with Gasteiger partial charge < -0.3 is 20.4 Å². The molecule has 2 N–H and O–H groups in total. The fourth-order valence-corrected chi connectivity index (χ4v) is 3.75. The average Bonchev–Trinajstić information content (AvgIpc) is 2.72. The smallest absolute Gasteiger partial charge is 0.253 e. The summed E-state index contributed by atoms with van der Waals surface area (Å²) in [5.74, 6) is 0.892. The number of likely N-dealkylation sites (N-methyl/N-ethyl adjacent to an activating group) is 1. The van der Waals surface area contributed by atoms with Crippen molar-refractivity contribution in [3.05, 3.63) is 35.4 Å². The molecule has 2 saturated heterocycles. The van der Waals surface area contributed by atoms with Crippen LogP contribution in [0, 0.1) is 5.92 Å². The third-order valence-electron chi connectivity index (χ3n) is 5.72. The van der Waals surface area contributed by atoms with Crippen LogP contribution in [0.2, 0.25) is 0 Å². The Balaban J connectivity index is 0.00000210. The van der Waals surface area contributed by atoms with Crippen molar-refractivity contribution in [1.82, 2.24) is 20.4 Å². The zero-order valence-electron chi connectivity index (χ0n) is 17.2. The highest BCUT2D eigenvalue weighted by Gasteiger charge is 2.20. The van der Waals surface area contributed by atoms with Gasteiger partial charge >= 0.3 is 0 Å². The maximum Gasteiger partial charge on any atom is 0.253 e. The highest BCUT2D eigenvalue weighted by molar-refractivity contribution is 5.94. The Morgan fingerprint density at radius 1 is 1.03 bits per heavy atom. The highest BCUT2D eigenvalue weighted by atomic mass is 35.5. The molecule has 0 aliphatic carbocycles. The van der Waals surface area contributed by atoms with Gasteiger partial charge in [0.1, 0.15) is 0 Å². The van der Waals surface area contributed by atoms with Gasteiger partial charge in [-0.1, -0.05) is 12.1 Å². The van der Waals surface area contributed by atoms with Crippen LogP contribution in [0.25, 0.3) is 0 Å². The zero-order valence-corrected chi connectivity index (χ0v) is 18.8. The molecule has 0 bridgehead atoms. The van der Waals surface area contributed by atoms with Crippen LogP contribution in [-0.2, 0) is 11.3 Å². The number of carbonyl (C=O) groups excluding carboxylic acids is 2. The molecule has 3 rings (SSSR count). The van der Waals surface area contributed by atoms with Gasteiger partial charge in [0.05, 0.1) is 0 Å². The molecule has 29 heavy (non-hydrogen) atoms. The Labute approximate surface area is 186 Å². The second-order valence-corrected chi connectivity index (χ2v) is 7.80. The summed E-state index contributed by atoms with van der Waals surface area (Å²) in [4.78, 5) is 28.8. The van der Waals surface area contributed by atoms with Crippen LogP contribution < -0.4 is 10.6 Å². The van der Waals surface area contributed by atoms with E-state index < -0.39 is 0 Å². The number of rotatable bonds is 6. The van der Waals surface area contributed by atoms with Gasteiger partial charge in [-0.05, 0) is 63.0 Å². The second kappa shape index (κ2) is 13.1. The minimum Gasteiger partial charge on any atom is -0.352 e. The number of amides is 2. The number of nitrogens with zero attached hydrogens (tertiary/aromatic N) is 2. The third kappa shape index (κ3) is 8.13. The lowest BCUT2D eigenvalue weighted by Gasteiger charge is -2.32. The van der Waals surface area contributed by atoms with Crippen LogP contribution in [-0.4, -0.2) is 67.9 Å². The van der Waals surface area contributed by atoms with Crippen molar-refractivity contribution in [2.75, 3.05) is 46.3 Å². The normalized spacial score (nSPS) is 17.8. The quantitative estimate of drug-likeness (QED) is 0.706. The number of piperazine rings is 1. The lowest BCUT2D eigenvalue weighted by Crippen LogP contribution is -2.47. The van der Waals surface area contributed by atoms with E-state index >= 15 is 0 Å². The third-order valence-corrected chi connectivity index (χ3v) is 5.72. The number of hydrogen-bond acceptors (Lipinski definition) is 4. The van der Waals surface area contributed by atoms with Gasteiger partial charge in [-0.25, -0.2) is 0 Å². The van der Waals surface area contributed by atoms with E-state index in [1.807, 2.05) is 29.2 Å². The monoisotopic (exact) mass is 444 g/mol. The molecule has 2 fully saturated rings. The van der Waals surface area contributed by atoms with E-state index in [0.717, 1.165) is 56.8 Å². The Hall–Kier alpha value is -1.34. The summed E-state index contributed by atoms with van der Waals surface area (Å²) in [6.45, 7) is 6.08. The lowest BCUT2D eigenvalue weighted by molar-refractivity contribution is -0.121. The molecule has 0 radical (unpaired) electrons. The van der Waals surface area contributed by atoms with Crippen molar-refractivity contribution in [2.24, 2.45) is 5.92 Å². The molecular formula is C21H34Cl2N4O2. The molecule has 1 aromatic rings. The topological polar surface area (TPSA) is 64.7 Å². The second-order valence-electron chi connectivity index (χ2n) is 7.80. The summed E-state index contributed by atoms with van der Waals surface area (Å²) in [6.07, 6.45) is 3.93. The van der Waals surface area contributed by atoms with Crippen molar-refractivity contribution in [1.29, 1.82) is 0 Å². The molecule has 2 heterocycles. The molecule has 0 atom stereocenters. The molecule has 0 saturated carbocycles. The molecule has 8 heteroatoms. The van der Waals surface area contributed by atoms with Crippen LogP contribution in [0.5, 0.6) is 0 Å². The predicted molar refractivity (Wildman–Crippen MR) is 121 cm³/mol. The van der Waals surface area contributed by atoms with Crippen LogP contribution in [0.15, 0.2) is 24.3 Å². The van der Waals surface area contributed by atoms with E-state index in [4.69, 9.17) is 0 Å². The first-order chi connectivity index (χ1) is 13.1. The van der Waals surface area contributed by atoms with Crippen molar-refractivity contribution >= 4 is 36.6 Å². The minimum atomic E-state index is 0. The summed E-state index contributed by atoms with van der Waals surface area (Å²) >= 11 is 0. The van der Waals surface area contributed by atoms with E-state index in [1.165, 1.54) is 12.8 Å². The van der Waals surface area contributed by atoms with Crippen molar-refractivity contribution in [3.8, 4) is 0 Å². The SMILES string of the molecule is CN1CCN(C(=O)c2ccc(CNC(=O)CCC3CCNCC3)cc2)CC1.Cl.Cl. The van der Waals surface area contributed by atoms with Gasteiger partial charge in [-0.15, -0.1) is 24.8 Å². The van der Waals surface area contributed by atoms with Crippen molar-refractivity contribution in [2.45, 2.75) is 32.2 Å². The number of halogens is 2. The Bertz CT molecular complexity index is 628. The summed E-state index contributed by atoms with van der Waals surface area (Å²) in [7, 11) is 2.08. The van der Waals surface area contributed by atoms with Gasteiger partial charge in [0, 0.05) is 44.7 Å². The predicted octanol–water partition coefficient (Wildman–Crippen LogP) is 2.31. The summed E-state index contributed by atoms with van der Waals surface area (Å²) in [6, 6.07) is 7.63. The molecule has 0 aromatic heterocycles. The average molecular weight is 445 g/mol. The Kier molecular flexibility index (Phi) is 11.6. The lowest BCUT2D eigenvalue weighted by atomic mass is 9.93. The van der Waals surface area contributed by atoms with Gasteiger partial charge in [0.25, 0.3) is 5.91 Å². The van der Waals surface area contributed by atoms with E-state index in [9.17, 15) is 9.59 Å². The number of piperidine rings is 1. The molecule has 0 unspecified atom stereocenters. The van der Waals surface area contributed by atoms with Crippen molar-refractivity contribution < 1.29 is 9.59 Å². The zero-order chi connectivity index (χ0) is 19.1. The molecule has 1 aromatic carbocycles. The first kappa shape index (κ1) is 25.7. The van der Waals surface area contributed by atoms with Gasteiger partial charge in [-0.2, -0.15) is 0 Å². The number of benzene rings is 1. The molecule has 164 valence electrons. The van der Waals surface area contributed by atoms with Gasteiger partial charge in [-0.3, -0.25) is 9.59 Å². The van der Waals surface area contributed by atoms with Crippen LogP contribution in [0.1, 0.15) is 41.6 Å². The number of carbonyl (C=O) groups is 2. The molecule has 0 spiro atoms. The van der Waals surface area contributed by atoms with Crippen molar-refractivity contribution in [3.63, 3.8) is 0 Å². The Morgan fingerprint density at radius 3 is 2.28 bits per heavy atom. The highest BCUT2D eigenvalue weighted by Crippen LogP contribution is 2.17. The maximum absolute atomic E-state index is 12.6. The largest absolute Gasteiger partial charge is 0.352 e. The molecule has 2 amide bonds. The van der Waals surface area contributed by atoms with E-state index in [0.29, 0.717) is 18.9 Å². The van der Waals surface area contributed by atoms with Crippen LogP contribution in [0.3, 0.4) is 0 Å². The van der Waals surface area contributed by atoms with E-state index in [2.05, 4.69) is 22.6 Å². The van der Waals surface area contributed by atoms with Crippen LogP contribution in [0.4, 0.5) is 0 Å². The fourth-order valence-electron chi connectivity index (χ4n) is 3.75. The fraction of sp³-hybridized carbons (Fsp3) is 0.619. The van der Waals surface area contributed by atoms with E-state index in [-0.39, 0.29) is 36.6 Å². The molecular weight excluding hydrogens is 411 g/mol. The first-order valence-electron chi connectivity index (χ1n) is 10.2. The number of nitrogens with one attached hydrogen (secondary N) is 2. The summed E-state index contributed by atoms with van der Waals surface area (Å²) in [5, 5.41) is 6.35. The van der Waals surface area contributed by atoms with Gasteiger partial charge in [0.15, 0.2) is 0 Å².